The van der Waals surface area contributed by atoms with Crippen molar-refractivity contribution >= 4 is 40.3 Å². The predicted octanol–water partition coefficient (Wildman–Crippen LogP) is 4.44. The van der Waals surface area contributed by atoms with Gasteiger partial charge in [-0.25, -0.2) is 4.79 Å². The van der Waals surface area contributed by atoms with Crippen molar-refractivity contribution in [1.82, 2.24) is 10.2 Å². The van der Waals surface area contributed by atoms with E-state index in [1.807, 2.05) is 72.8 Å². The summed E-state index contributed by atoms with van der Waals surface area (Å²) in [7, 11) is 0. The van der Waals surface area contributed by atoms with Crippen molar-refractivity contribution in [3.63, 3.8) is 0 Å². The van der Waals surface area contributed by atoms with Crippen LogP contribution in [0.5, 0.6) is 0 Å². The van der Waals surface area contributed by atoms with Crippen LogP contribution in [-0.2, 0) is 27.2 Å². The molecular formula is C29H34ClN3O4. The SMILES string of the molecule is CC(C)(C)OC(=O)N[C@H](Cc1ccc2ccccc2c1)CN(C(=O)CCl)[C@H](Cc1ccccc1)C(N)=O. The van der Waals surface area contributed by atoms with Crippen LogP contribution >= 0.6 is 11.6 Å². The summed E-state index contributed by atoms with van der Waals surface area (Å²) in [6, 6.07) is 21.8. The van der Waals surface area contributed by atoms with Crippen molar-refractivity contribution in [3.8, 4) is 0 Å². The molecule has 0 radical (unpaired) electrons. The molecule has 0 saturated carbocycles. The number of halogens is 1. The quantitative estimate of drug-likeness (QED) is 0.383. The summed E-state index contributed by atoms with van der Waals surface area (Å²) in [6.45, 7) is 5.35. The second-order valence-electron chi connectivity index (χ2n) is 10.0. The van der Waals surface area contributed by atoms with Gasteiger partial charge in [-0.3, -0.25) is 9.59 Å². The maximum atomic E-state index is 13.0. The fraction of sp³-hybridized carbons (Fsp3) is 0.345. The summed E-state index contributed by atoms with van der Waals surface area (Å²) in [4.78, 5) is 39.6. The summed E-state index contributed by atoms with van der Waals surface area (Å²) in [5.41, 5.74) is 6.87. The van der Waals surface area contributed by atoms with E-state index in [0.717, 1.165) is 21.9 Å². The fourth-order valence-corrected chi connectivity index (χ4v) is 4.36. The van der Waals surface area contributed by atoms with Gasteiger partial charge in [0, 0.05) is 13.0 Å². The summed E-state index contributed by atoms with van der Waals surface area (Å²) >= 11 is 5.94. The van der Waals surface area contributed by atoms with Crippen LogP contribution in [0.25, 0.3) is 10.8 Å². The number of nitrogens with two attached hydrogens (primary N) is 1. The zero-order valence-corrected chi connectivity index (χ0v) is 22.2. The molecule has 0 fully saturated rings. The normalized spacial score (nSPS) is 13.0. The van der Waals surface area contributed by atoms with E-state index in [2.05, 4.69) is 5.32 Å². The summed E-state index contributed by atoms with van der Waals surface area (Å²) in [6.07, 6.45) is 0.0104. The molecule has 196 valence electrons. The number of fused-ring (bicyclic) bond motifs is 1. The highest BCUT2D eigenvalue weighted by molar-refractivity contribution is 6.27. The molecule has 2 atom stereocenters. The van der Waals surface area contributed by atoms with Crippen molar-refractivity contribution in [2.45, 2.75) is 51.3 Å². The molecule has 0 aliphatic rings. The Balaban J connectivity index is 1.91. The molecule has 8 heteroatoms. The van der Waals surface area contributed by atoms with E-state index in [4.69, 9.17) is 22.1 Å². The molecule has 0 saturated heterocycles. The summed E-state index contributed by atoms with van der Waals surface area (Å²) < 4.78 is 5.48. The third-order valence-electron chi connectivity index (χ3n) is 5.85. The van der Waals surface area contributed by atoms with Gasteiger partial charge in [-0.2, -0.15) is 0 Å². The van der Waals surface area contributed by atoms with Crippen LogP contribution in [0.2, 0.25) is 0 Å². The van der Waals surface area contributed by atoms with Crippen LogP contribution in [0.4, 0.5) is 4.79 Å². The van der Waals surface area contributed by atoms with E-state index >= 15 is 0 Å². The summed E-state index contributed by atoms with van der Waals surface area (Å²) in [5, 5.41) is 5.04. The second kappa shape index (κ2) is 12.6. The fourth-order valence-electron chi connectivity index (χ4n) is 4.20. The lowest BCUT2D eigenvalue weighted by Gasteiger charge is -2.33. The molecular weight excluding hydrogens is 490 g/mol. The number of carbonyl (C=O) groups is 3. The first-order valence-electron chi connectivity index (χ1n) is 12.2. The highest BCUT2D eigenvalue weighted by Crippen LogP contribution is 2.19. The number of nitrogens with one attached hydrogen (secondary N) is 1. The van der Waals surface area contributed by atoms with Gasteiger partial charge < -0.3 is 20.7 Å². The molecule has 37 heavy (non-hydrogen) atoms. The van der Waals surface area contributed by atoms with Gasteiger partial charge in [-0.15, -0.1) is 11.6 Å². The molecule has 3 N–H and O–H groups in total. The van der Waals surface area contributed by atoms with Crippen LogP contribution in [0.15, 0.2) is 72.8 Å². The lowest BCUT2D eigenvalue weighted by atomic mass is 9.99. The monoisotopic (exact) mass is 523 g/mol. The van der Waals surface area contributed by atoms with E-state index < -0.39 is 35.6 Å². The van der Waals surface area contributed by atoms with Crippen LogP contribution in [0, 0.1) is 0 Å². The number of amides is 3. The Morgan fingerprint density at radius 1 is 0.919 bits per heavy atom. The van der Waals surface area contributed by atoms with Gasteiger partial charge in [0.1, 0.15) is 17.5 Å². The average Bonchev–Trinajstić information content (AvgIpc) is 2.84. The molecule has 7 nitrogen and oxygen atoms in total. The minimum absolute atomic E-state index is 0.0259. The van der Waals surface area contributed by atoms with Crippen molar-refractivity contribution < 1.29 is 19.1 Å². The molecule has 3 aromatic rings. The number of ether oxygens (including phenoxy) is 1. The number of rotatable bonds is 10. The van der Waals surface area contributed by atoms with Crippen molar-refractivity contribution in [3.05, 3.63) is 83.9 Å². The Morgan fingerprint density at radius 3 is 2.19 bits per heavy atom. The van der Waals surface area contributed by atoms with Gasteiger partial charge in [-0.05, 0) is 49.1 Å². The largest absolute Gasteiger partial charge is 0.444 e. The molecule has 0 bridgehead atoms. The third-order valence-corrected chi connectivity index (χ3v) is 6.07. The molecule has 0 aromatic heterocycles. The first-order chi connectivity index (χ1) is 17.6. The maximum absolute atomic E-state index is 13.0. The van der Waals surface area contributed by atoms with Crippen molar-refractivity contribution in [2.24, 2.45) is 5.73 Å². The Labute approximate surface area is 222 Å². The topological polar surface area (TPSA) is 102 Å². The van der Waals surface area contributed by atoms with Gasteiger partial charge in [0.25, 0.3) is 0 Å². The van der Waals surface area contributed by atoms with Gasteiger partial charge in [0.2, 0.25) is 11.8 Å². The first kappa shape index (κ1) is 28.0. The number of benzene rings is 3. The van der Waals surface area contributed by atoms with Gasteiger partial charge in [0.05, 0.1) is 6.04 Å². The number of nitrogens with zero attached hydrogens (tertiary/aromatic N) is 1. The van der Waals surface area contributed by atoms with Crippen LogP contribution < -0.4 is 11.1 Å². The van der Waals surface area contributed by atoms with E-state index in [0.29, 0.717) is 6.42 Å². The second-order valence-corrected chi connectivity index (χ2v) is 10.3. The average molecular weight is 524 g/mol. The molecule has 0 aliphatic carbocycles. The smallest absolute Gasteiger partial charge is 0.407 e. The number of primary amides is 1. The minimum atomic E-state index is -0.937. The maximum Gasteiger partial charge on any atom is 0.407 e. The first-order valence-corrected chi connectivity index (χ1v) is 12.7. The summed E-state index contributed by atoms with van der Waals surface area (Å²) in [5.74, 6) is -1.42. The van der Waals surface area contributed by atoms with Crippen LogP contribution in [0.1, 0.15) is 31.9 Å². The van der Waals surface area contributed by atoms with Crippen LogP contribution in [-0.4, -0.2) is 52.9 Å². The number of hydrogen-bond donors (Lipinski definition) is 2. The van der Waals surface area contributed by atoms with Gasteiger partial charge in [0.15, 0.2) is 0 Å². The van der Waals surface area contributed by atoms with E-state index in [1.165, 1.54) is 4.90 Å². The van der Waals surface area contributed by atoms with E-state index in [-0.39, 0.29) is 18.8 Å². The Bertz CT molecular complexity index is 1230. The Hall–Kier alpha value is -3.58. The zero-order chi connectivity index (χ0) is 27.0. The number of alkyl halides is 1. The van der Waals surface area contributed by atoms with Crippen LogP contribution in [0.3, 0.4) is 0 Å². The van der Waals surface area contributed by atoms with E-state index in [9.17, 15) is 14.4 Å². The minimum Gasteiger partial charge on any atom is -0.444 e. The molecule has 0 unspecified atom stereocenters. The molecule has 0 heterocycles. The third kappa shape index (κ3) is 8.50. The number of carbonyl (C=O) groups excluding carboxylic acids is 3. The zero-order valence-electron chi connectivity index (χ0n) is 21.4. The predicted molar refractivity (Wildman–Crippen MR) is 146 cm³/mol. The highest BCUT2D eigenvalue weighted by Gasteiger charge is 2.31. The number of hydrogen-bond acceptors (Lipinski definition) is 4. The molecule has 0 aliphatic heterocycles. The van der Waals surface area contributed by atoms with Gasteiger partial charge in [-0.1, -0.05) is 72.8 Å². The molecule has 0 spiro atoms. The lowest BCUT2D eigenvalue weighted by molar-refractivity contribution is -0.137. The van der Waals surface area contributed by atoms with Gasteiger partial charge >= 0.3 is 6.09 Å². The van der Waals surface area contributed by atoms with Crippen molar-refractivity contribution in [2.75, 3.05) is 12.4 Å². The number of alkyl carbamates (subject to hydrolysis) is 1. The van der Waals surface area contributed by atoms with E-state index in [1.54, 1.807) is 20.8 Å². The molecule has 3 rings (SSSR count). The standard InChI is InChI=1S/C29H34ClN3O4/c1-29(2,3)37-28(36)32-24(16-21-13-14-22-11-7-8-12-23(22)15-21)19-33(26(34)18-30)25(27(31)35)17-20-9-5-4-6-10-20/h4-15,24-25H,16-19H2,1-3H3,(H2,31,35)(H,32,36)/t24-,25-/m1/s1. The highest BCUT2D eigenvalue weighted by atomic mass is 35.5. The molecule has 3 amide bonds. The van der Waals surface area contributed by atoms with Crippen molar-refractivity contribution in [1.29, 1.82) is 0 Å². The lowest BCUT2D eigenvalue weighted by Crippen LogP contribution is -2.55. The molecule has 3 aromatic carbocycles. The Kier molecular flexibility index (Phi) is 9.53. The Morgan fingerprint density at radius 2 is 1.57 bits per heavy atom.